The highest BCUT2D eigenvalue weighted by Crippen LogP contribution is 2.46. The Balaban J connectivity index is 1.62. The van der Waals surface area contributed by atoms with Crippen molar-refractivity contribution in [2.24, 2.45) is 0 Å². The lowest BCUT2D eigenvalue weighted by atomic mass is 9.81. The SMILES string of the molecule is C[C@H]1CN(c2c(F)c(S(=O)(=O)NC3(C)CC3)cc3c(-c4nnc(C(F)F)s4)c(C4CCC4)nn23)C[C@H](C)N1. The van der Waals surface area contributed by atoms with E-state index in [1.54, 1.807) is 6.92 Å². The van der Waals surface area contributed by atoms with Gasteiger partial charge in [-0.25, -0.2) is 30.8 Å². The second-order valence-corrected chi connectivity index (χ2v) is 13.8. The Morgan fingerprint density at radius 2 is 1.87 bits per heavy atom. The van der Waals surface area contributed by atoms with Crippen LogP contribution in [-0.2, 0) is 10.0 Å². The summed E-state index contributed by atoms with van der Waals surface area (Å²) in [4.78, 5) is 1.34. The van der Waals surface area contributed by atoms with Crippen LogP contribution in [0.4, 0.5) is 19.0 Å². The van der Waals surface area contributed by atoms with Crippen molar-refractivity contribution in [3.8, 4) is 10.6 Å². The van der Waals surface area contributed by atoms with Crippen LogP contribution < -0.4 is 14.9 Å². The van der Waals surface area contributed by atoms with Crippen LogP contribution in [0.3, 0.4) is 0 Å². The predicted molar refractivity (Wildman–Crippen MR) is 138 cm³/mol. The Morgan fingerprint density at radius 3 is 2.42 bits per heavy atom. The lowest BCUT2D eigenvalue weighted by molar-refractivity contribution is 0.150. The first-order valence-electron chi connectivity index (χ1n) is 12.9. The molecule has 3 aromatic rings. The minimum atomic E-state index is -4.24. The summed E-state index contributed by atoms with van der Waals surface area (Å²) in [5.41, 5.74) is 0.772. The molecule has 1 aliphatic heterocycles. The molecule has 3 aliphatic rings. The van der Waals surface area contributed by atoms with E-state index in [1.807, 2.05) is 18.7 Å². The zero-order chi connectivity index (χ0) is 27.0. The first-order valence-corrected chi connectivity index (χ1v) is 15.2. The molecule has 0 radical (unpaired) electrons. The maximum absolute atomic E-state index is 16.4. The molecule has 1 saturated heterocycles. The summed E-state index contributed by atoms with van der Waals surface area (Å²) in [7, 11) is -4.24. The summed E-state index contributed by atoms with van der Waals surface area (Å²) in [5, 5.41) is 15.7. The molecule has 2 saturated carbocycles. The second-order valence-electron chi connectivity index (χ2n) is 11.1. The van der Waals surface area contributed by atoms with Gasteiger partial charge in [-0.05, 0) is 52.5 Å². The van der Waals surface area contributed by atoms with E-state index in [2.05, 4.69) is 20.2 Å². The molecule has 0 unspecified atom stereocenters. The van der Waals surface area contributed by atoms with Crippen molar-refractivity contribution in [3.05, 3.63) is 22.6 Å². The van der Waals surface area contributed by atoms with Crippen molar-refractivity contribution in [2.75, 3.05) is 18.0 Å². The van der Waals surface area contributed by atoms with Gasteiger partial charge in [0.15, 0.2) is 21.7 Å². The maximum Gasteiger partial charge on any atom is 0.291 e. The number of alkyl halides is 2. The maximum atomic E-state index is 16.4. The van der Waals surface area contributed by atoms with Crippen molar-refractivity contribution in [2.45, 2.75) is 87.7 Å². The third kappa shape index (κ3) is 4.48. The third-order valence-corrected chi connectivity index (χ3v) is 10.3. The topological polar surface area (TPSA) is 105 Å². The molecule has 2 aliphatic carbocycles. The standard InChI is InChI=1S/C24H30F3N7O2S2/c1-12-10-33(11-13(2)28-12)23-18(25)16(38(35,36)32-24(3)7-8-24)9-15-17(21-29-30-22(37-21)20(26)27)19(31-34(15)23)14-5-4-6-14/h9,12-14,20,28,32H,4-8,10-11H2,1-3H3/t12-,13-/m0/s1. The number of hydrogen-bond acceptors (Lipinski definition) is 8. The Labute approximate surface area is 222 Å². The fraction of sp³-hybridized carbons (Fsp3) is 0.625. The van der Waals surface area contributed by atoms with E-state index in [9.17, 15) is 17.2 Å². The van der Waals surface area contributed by atoms with Gasteiger partial charge < -0.3 is 10.2 Å². The van der Waals surface area contributed by atoms with Gasteiger partial charge >= 0.3 is 0 Å². The second kappa shape index (κ2) is 9.14. The molecule has 2 N–H and O–H groups in total. The zero-order valence-corrected chi connectivity index (χ0v) is 23.0. The number of pyridine rings is 1. The number of aromatic nitrogens is 4. The summed E-state index contributed by atoms with van der Waals surface area (Å²) < 4.78 is 74.4. The van der Waals surface area contributed by atoms with E-state index in [1.165, 1.54) is 10.6 Å². The molecule has 9 nitrogen and oxygen atoms in total. The quantitative estimate of drug-likeness (QED) is 0.439. The highest BCUT2D eigenvalue weighted by molar-refractivity contribution is 7.89. The molecular weight excluding hydrogens is 539 g/mol. The number of rotatable bonds is 7. The van der Waals surface area contributed by atoms with Gasteiger partial charge in [0.2, 0.25) is 10.0 Å². The number of fused-ring (bicyclic) bond motifs is 1. The smallest absolute Gasteiger partial charge is 0.291 e. The summed E-state index contributed by atoms with van der Waals surface area (Å²) >= 11 is 0.752. The van der Waals surface area contributed by atoms with E-state index in [0.717, 1.165) is 30.6 Å². The number of nitrogens with zero attached hydrogens (tertiary/aromatic N) is 5. The van der Waals surface area contributed by atoms with E-state index in [0.29, 0.717) is 42.7 Å². The van der Waals surface area contributed by atoms with Crippen molar-refractivity contribution >= 4 is 32.7 Å². The van der Waals surface area contributed by atoms with Crippen molar-refractivity contribution < 1.29 is 21.6 Å². The van der Waals surface area contributed by atoms with Gasteiger partial charge in [0.05, 0.1) is 16.8 Å². The number of halogens is 3. The molecule has 3 fully saturated rings. The first-order chi connectivity index (χ1) is 18.0. The summed E-state index contributed by atoms with van der Waals surface area (Å²) in [5.74, 6) is -0.783. The van der Waals surface area contributed by atoms with E-state index in [-0.39, 0.29) is 28.8 Å². The van der Waals surface area contributed by atoms with Gasteiger partial charge in [0.25, 0.3) is 6.43 Å². The largest absolute Gasteiger partial charge is 0.351 e. The number of nitrogens with one attached hydrogen (secondary N) is 2. The lowest BCUT2D eigenvalue weighted by Crippen LogP contribution is -2.55. The molecular formula is C24H30F3N7O2S2. The molecule has 0 bridgehead atoms. The molecule has 0 spiro atoms. The Hall–Kier alpha value is -2.29. The molecule has 206 valence electrons. The van der Waals surface area contributed by atoms with Crippen LogP contribution in [0.1, 0.15) is 75.9 Å². The average Bonchev–Trinajstić information content (AvgIpc) is 3.16. The zero-order valence-electron chi connectivity index (χ0n) is 21.3. The number of anilines is 1. The third-order valence-electron chi connectivity index (χ3n) is 7.69. The fourth-order valence-corrected chi connectivity index (χ4v) is 7.70. The molecule has 4 heterocycles. The predicted octanol–water partition coefficient (Wildman–Crippen LogP) is 4.21. The molecule has 0 aromatic carbocycles. The van der Waals surface area contributed by atoms with Gasteiger partial charge in [-0.3, -0.25) is 0 Å². The number of piperazine rings is 1. The molecule has 6 rings (SSSR count). The first kappa shape index (κ1) is 26.0. The van der Waals surface area contributed by atoms with Crippen molar-refractivity contribution in [1.82, 2.24) is 29.9 Å². The van der Waals surface area contributed by atoms with Crippen LogP contribution in [0.25, 0.3) is 16.1 Å². The number of hydrogen-bond donors (Lipinski definition) is 2. The van der Waals surface area contributed by atoms with E-state index in [4.69, 9.17) is 5.10 Å². The van der Waals surface area contributed by atoms with Gasteiger partial charge in [0, 0.05) is 36.6 Å². The Morgan fingerprint density at radius 1 is 1.18 bits per heavy atom. The summed E-state index contributed by atoms with van der Waals surface area (Å²) in [6.07, 6.45) is 1.24. The van der Waals surface area contributed by atoms with E-state index >= 15 is 4.39 Å². The monoisotopic (exact) mass is 569 g/mol. The van der Waals surface area contributed by atoms with Crippen LogP contribution in [0.2, 0.25) is 0 Å². The van der Waals surface area contributed by atoms with Crippen molar-refractivity contribution in [1.29, 1.82) is 0 Å². The fourth-order valence-electron chi connectivity index (χ4n) is 5.38. The molecule has 3 aromatic heterocycles. The van der Waals surface area contributed by atoms with Crippen LogP contribution in [0.15, 0.2) is 11.0 Å². The van der Waals surface area contributed by atoms with E-state index < -0.39 is 37.7 Å². The summed E-state index contributed by atoms with van der Waals surface area (Å²) in [6, 6.07) is 1.32. The molecule has 38 heavy (non-hydrogen) atoms. The lowest BCUT2D eigenvalue weighted by Gasteiger charge is -2.37. The summed E-state index contributed by atoms with van der Waals surface area (Å²) in [6.45, 7) is 6.62. The van der Waals surface area contributed by atoms with Gasteiger partial charge in [-0.15, -0.1) is 10.2 Å². The average molecular weight is 570 g/mol. The molecule has 2 atom stereocenters. The molecule has 0 amide bonds. The van der Waals surface area contributed by atoms with Gasteiger partial charge in [-0.1, -0.05) is 17.8 Å². The highest BCUT2D eigenvalue weighted by Gasteiger charge is 2.43. The van der Waals surface area contributed by atoms with Gasteiger partial charge in [-0.2, -0.15) is 5.10 Å². The normalized spacial score (nSPS) is 23.8. The van der Waals surface area contributed by atoms with Crippen LogP contribution in [-0.4, -0.2) is 58.9 Å². The van der Waals surface area contributed by atoms with Gasteiger partial charge in [0.1, 0.15) is 4.90 Å². The Bertz CT molecular complexity index is 1490. The Kier molecular flexibility index (Phi) is 6.24. The minimum Gasteiger partial charge on any atom is -0.351 e. The highest BCUT2D eigenvalue weighted by atomic mass is 32.2. The van der Waals surface area contributed by atoms with Crippen LogP contribution in [0.5, 0.6) is 0 Å². The minimum absolute atomic E-state index is 0.0230. The van der Waals surface area contributed by atoms with Crippen LogP contribution in [0, 0.1) is 5.82 Å². The number of sulfonamides is 1. The van der Waals surface area contributed by atoms with Crippen LogP contribution >= 0.6 is 11.3 Å². The molecule has 14 heteroatoms. The van der Waals surface area contributed by atoms with Crippen molar-refractivity contribution in [3.63, 3.8) is 0 Å².